The summed E-state index contributed by atoms with van der Waals surface area (Å²) in [4.78, 5) is 38.1. The molecule has 0 aromatic heterocycles. The second kappa shape index (κ2) is 48.3. The summed E-state index contributed by atoms with van der Waals surface area (Å²) in [7, 11) is 0. The lowest BCUT2D eigenvalue weighted by atomic mass is 9.99. The zero-order valence-electron chi connectivity index (χ0n) is 43.4. The fourth-order valence-corrected chi connectivity index (χ4v) is 8.61. The molecule has 0 N–H and O–H groups in total. The largest absolute Gasteiger partial charge is 0.462 e. The Balaban J connectivity index is 4.27. The van der Waals surface area contributed by atoms with Crippen LogP contribution in [-0.2, 0) is 28.6 Å². The first-order chi connectivity index (χ1) is 30.6. The van der Waals surface area contributed by atoms with Crippen molar-refractivity contribution >= 4 is 17.9 Å². The van der Waals surface area contributed by atoms with Crippen LogP contribution in [0.2, 0.25) is 0 Å². The van der Waals surface area contributed by atoms with Gasteiger partial charge in [-0.1, -0.05) is 273 Å². The number of rotatable bonds is 50. The second-order valence-electron chi connectivity index (χ2n) is 20.8. The van der Waals surface area contributed by atoms with Gasteiger partial charge >= 0.3 is 17.9 Å². The molecule has 374 valence electrons. The quantitative estimate of drug-likeness (QED) is 0.0344. The van der Waals surface area contributed by atoms with Crippen LogP contribution >= 0.6 is 0 Å². The first-order valence-electron chi connectivity index (χ1n) is 28.1. The highest BCUT2D eigenvalue weighted by atomic mass is 16.6. The maximum atomic E-state index is 12.8. The minimum atomic E-state index is -0.763. The molecule has 0 aliphatic carbocycles. The van der Waals surface area contributed by atoms with Crippen LogP contribution in [0, 0.1) is 17.8 Å². The van der Waals surface area contributed by atoms with Gasteiger partial charge in [-0.15, -0.1) is 0 Å². The molecule has 0 rings (SSSR count). The fraction of sp³-hybridized carbons (Fsp3) is 0.947. The molecule has 2 atom stereocenters. The monoisotopic (exact) mass is 891 g/mol. The van der Waals surface area contributed by atoms with Gasteiger partial charge in [-0.3, -0.25) is 14.4 Å². The average Bonchev–Trinajstić information content (AvgIpc) is 3.25. The van der Waals surface area contributed by atoms with Gasteiger partial charge in [0, 0.05) is 19.3 Å². The molecule has 0 spiro atoms. The number of esters is 3. The van der Waals surface area contributed by atoms with Crippen molar-refractivity contribution in [1.82, 2.24) is 0 Å². The van der Waals surface area contributed by atoms with E-state index in [2.05, 4.69) is 41.5 Å². The Morgan fingerprint density at radius 2 is 0.556 bits per heavy atom. The predicted octanol–water partition coefficient (Wildman–Crippen LogP) is 18.3. The van der Waals surface area contributed by atoms with Gasteiger partial charge in [-0.2, -0.15) is 0 Å². The maximum absolute atomic E-state index is 12.8. The van der Waals surface area contributed by atoms with Crippen LogP contribution in [0.25, 0.3) is 0 Å². The molecule has 0 radical (unpaired) electrons. The summed E-state index contributed by atoms with van der Waals surface area (Å²) in [5, 5.41) is 0. The van der Waals surface area contributed by atoms with E-state index in [0.717, 1.165) is 75.5 Å². The van der Waals surface area contributed by atoms with Crippen molar-refractivity contribution in [3.8, 4) is 0 Å². The third-order valence-corrected chi connectivity index (χ3v) is 13.3. The minimum Gasteiger partial charge on any atom is -0.462 e. The van der Waals surface area contributed by atoms with Gasteiger partial charge in [-0.25, -0.2) is 0 Å². The van der Waals surface area contributed by atoms with E-state index in [1.807, 2.05) is 0 Å². The van der Waals surface area contributed by atoms with Crippen molar-refractivity contribution in [2.45, 2.75) is 317 Å². The van der Waals surface area contributed by atoms with Crippen LogP contribution < -0.4 is 0 Å². The minimum absolute atomic E-state index is 0.0642. The molecule has 6 heteroatoms. The SMILES string of the molecule is CCC(C)CCCCCCCCCCC(=O)O[C@H](COC(=O)CCCCCCCCCCCCCCCCCCC(C)C)COC(=O)CCCCCCCCCCCCCC(C)C. The lowest BCUT2D eigenvalue weighted by Crippen LogP contribution is -2.30. The molecule has 0 fully saturated rings. The Kier molecular flexibility index (Phi) is 47.1. The van der Waals surface area contributed by atoms with Gasteiger partial charge in [-0.05, 0) is 37.0 Å². The van der Waals surface area contributed by atoms with Crippen molar-refractivity contribution in [2.24, 2.45) is 17.8 Å². The summed E-state index contributed by atoms with van der Waals surface area (Å²) in [5.41, 5.74) is 0. The molecule has 0 aliphatic heterocycles. The summed E-state index contributed by atoms with van der Waals surface area (Å²) in [6.45, 7) is 13.8. The molecule has 0 saturated heterocycles. The molecule has 1 unspecified atom stereocenters. The maximum Gasteiger partial charge on any atom is 0.306 e. The van der Waals surface area contributed by atoms with E-state index in [1.165, 1.54) is 193 Å². The van der Waals surface area contributed by atoms with E-state index in [-0.39, 0.29) is 31.1 Å². The Bertz CT molecular complexity index is 978. The molecule has 0 aliphatic rings. The van der Waals surface area contributed by atoms with Crippen LogP contribution in [0.15, 0.2) is 0 Å². The number of carbonyl (C=O) groups excluding carboxylic acids is 3. The van der Waals surface area contributed by atoms with E-state index < -0.39 is 6.10 Å². The molecule has 0 bridgehead atoms. The van der Waals surface area contributed by atoms with Crippen molar-refractivity contribution in [1.29, 1.82) is 0 Å². The number of hydrogen-bond donors (Lipinski definition) is 0. The van der Waals surface area contributed by atoms with E-state index in [4.69, 9.17) is 14.2 Å². The summed E-state index contributed by atoms with van der Waals surface area (Å²) < 4.78 is 16.9. The summed E-state index contributed by atoms with van der Waals surface area (Å²) >= 11 is 0. The standard InChI is InChI=1S/C57H110O6/c1-7-53(6)45-39-33-27-23-24-30-36-42-48-57(60)63-54(50-62-56(59)47-41-35-29-22-18-14-16-20-26-32-38-44-52(4)5)49-61-55(58)46-40-34-28-21-17-13-11-9-8-10-12-15-19-25-31-37-43-51(2)3/h51-54H,7-50H2,1-6H3/t53?,54-/m1/s1. The summed E-state index contributed by atoms with van der Waals surface area (Å²) in [6, 6.07) is 0. The average molecular weight is 892 g/mol. The van der Waals surface area contributed by atoms with Crippen molar-refractivity contribution in [3.05, 3.63) is 0 Å². The Hall–Kier alpha value is -1.59. The third kappa shape index (κ3) is 49.7. The van der Waals surface area contributed by atoms with E-state index in [0.29, 0.717) is 19.3 Å². The van der Waals surface area contributed by atoms with Crippen molar-refractivity contribution < 1.29 is 28.6 Å². The molecule has 6 nitrogen and oxygen atoms in total. The number of unbranched alkanes of at least 4 members (excludes halogenated alkanes) is 32. The summed E-state index contributed by atoms with van der Waals surface area (Å²) in [5.74, 6) is 1.68. The molecular formula is C57H110O6. The predicted molar refractivity (Wildman–Crippen MR) is 270 cm³/mol. The molecule has 0 aromatic carbocycles. The first-order valence-corrected chi connectivity index (χ1v) is 28.1. The Morgan fingerprint density at radius 1 is 0.317 bits per heavy atom. The van der Waals surface area contributed by atoms with Crippen molar-refractivity contribution in [3.63, 3.8) is 0 Å². The van der Waals surface area contributed by atoms with Crippen LogP contribution in [0.4, 0.5) is 0 Å². The number of ether oxygens (including phenoxy) is 3. The molecule has 0 saturated carbocycles. The van der Waals surface area contributed by atoms with Crippen LogP contribution in [0.3, 0.4) is 0 Å². The lowest BCUT2D eigenvalue weighted by Gasteiger charge is -2.18. The highest BCUT2D eigenvalue weighted by Gasteiger charge is 2.19. The van der Waals surface area contributed by atoms with E-state index in [1.54, 1.807) is 0 Å². The second-order valence-corrected chi connectivity index (χ2v) is 20.8. The first kappa shape index (κ1) is 61.4. The van der Waals surface area contributed by atoms with Gasteiger partial charge in [0.1, 0.15) is 13.2 Å². The van der Waals surface area contributed by atoms with Gasteiger partial charge in [0.05, 0.1) is 0 Å². The zero-order valence-corrected chi connectivity index (χ0v) is 43.4. The highest BCUT2D eigenvalue weighted by molar-refractivity contribution is 5.71. The number of hydrogen-bond acceptors (Lipinski definition) is 6. The van der Waals surface area contributed by atoms with E-state index >= 15 is 0 Å². The van der Waals surface area contributed by atoms with Crippen LogP contribution in [0.5, 0.6) is 0 Å². The Labute approximate surface area is 393 Å². The molecular weight excluding hydrogens is 781 g/mol. The van der Waals surface area contributed by atoms with Gasteiger partial charge in [0.25, 0.3) is 0 Å². The van der Waals surface area contributed by atoms with Crippen LogP contribution in [-0.4, -0.2) is 37.2 Å². The van der Waals surface area contributed by atoms with Gasteiger partial charge in [0.15, 0.2) is 6.10 Å². The number of carbonyl (C=O) groups is 3. The van der Waals surface area contributed by atoms with E-state index in [9.17, 15) is 14.4 Å². The van der Waals surface area contributed by atoms with Gasteiger partial charge < -0.3 is 14.2 Å². The fourth-order valence-electron chi connectivity index (χ4n) is 8.61. The normalized spacial score (nSPS) is 12.6. The van der Waals surface area contributed by atoms with Crippen molar-refractivity contribution in [2.75, 3.05) is 13.2 Å². The topological polar surface area (TPSA) is 78.9 Å². The zero-order chi connectivity index (χ0) is 46.3. The summed E-state index contributed by atoms with van der Waals surface area (Å²) in [6.07, 6.45) is 49.5. The smallest absolute Gasteiger partial charge is 0.306 e. The third-order valence-electron chi connectivity index (χ3n) is 13.3. The van der Waals surface area contributed by atoms with Gasteiger partial charge in [0.2, 0.25) is 0 Å². The highest BCUT2D eigenvalue weighted by Crippen LogP contribution is 2.18. The van der Waals surface area contributed by atoms with Crippen LogP contribution in [0.1, 0.15) is 311 Å². The molecule has 0 amide bonds. The molecule has 0 heterocycles. The lowest BCUT2D eigenvalue weighted by molar-refractivity contribution is -0.167. The molecule has 0 aromatic rings. The Morgan fingerprint density at radius 3 is 0.825 bits per heavy atom. The molecule has 63 heavy (non-hydrogen) atoms.